The molecule has 4 rings (SSSR count). The molecule has 3 N–H and O–H groups in total. The van der Waals surface area contributed by atoms with Crippen LogP contribution in [0.1, 0.15) is 55.8 Å². The number of aliphatic hydroxyl groups excluding tert-OH is 1. The van der Waals surface area contributed by atoms with Crippen LogP contribution in [0.2, 0.25) is 0 Å². The van der Waals surface area contributed by atoms with Crippen LogP contribution >= 0.6 is 0 Å². The van der Waals surface area contributed by atoms with Crippen molar-refractivity contribution in [2.24, 2.45) is 0 Å². The van der Waals surface area contributed by atoms with Gasteiger partial charge in [-0.2, -0.15) is 0 Å². The number of rotatable bonds is 4. The average Bonchev–Trinajstić information content (AvgIpc) is 2.75. The summed E-state index contributed by atoms with van der Waals surface area (Å²) >= 11 is 0. The number of carbonyl (C=O) groups excluding carboxylic acids is 2. The number of amides is 2. The number of nitrogens with one attached hydrogen (secondary N) is 2. The van der Waals surface area contributed by atoms with Crippen molar-refractivity contribution in [3.8, 4) is 0 Å². The zero-order valence-corrected chi connectivity index (χ0v) is 17.3. The maximum Gasteiger partial charge on any atom is 0.251 e. The van der Waals surface area contributed by atoms with Crippen LogP contribution in [0.5, 0.6) is 0 Å². The summed E-state index contributed by atoms with van der Waals surface area (Å²) in [6.45, 7) is 2.94. The third kappa shape index (κ3) is 4.87. The third-order valence-electron chi connectivity index (χ3n) is 6.15. The number of aromatic nitrogens is 2. The molecule has 1 saturated carbocycles. The molecule has 8 heteroatoms. The molecule has 2 aromatic rings. The summed E-state index contributed by atoms with van der Waals surface area (Å²) in [5.74, 6) is 0.522. The van der Waals surface area contributed by atoms with Crippen LogP contribution in [-0.2, 0) is 4.79 Å². The van der Waals surface area contributed by atoms with E-state index in [4.69, 9.17) is 0 Å². The van der Waals surface area contributed by atoms with E-state index in [1.807, 2.05) is 11.0 Å². The Morgan fingerprint density at radius 2 is 1.80 bits per heavy atom. The summed E-state index contributed by atoms with van der Waals surface area (Å²) in [5, 5.41) is 17.0. The number of fused-ring (bicyclic) bond motifs is 1. The maximum absolute atomic E-state index is 12.7. The normalized spacial score (nSPS) is 22.7. The molecule has 0 spiro atoms. The molecule has 1 aromatic heterocycles. The number of nitrogens with zero attached hydrogens (tertiary/aromatic N) is 3. The first kappa shape index (κ1) is 20.5. The van der Waals surface area contributed by atoms with Crippen LogP contribution in [0.15, 0.2) is 24.4 Å². The molecule has 1 aromatic carbocycles. The minimum absolute atomic E-state index is 0.0769. The van der Waals surface area contributed by atoms with Gasteiger partial charge in [-0.1, -0.05) is 6.07 Å². The molecular formula is C22H29N5O3. The van der Waals surface area contributed by atoms with Crippen LogP contribution in [0.25, 0.3) is 10.9 Å². The Morgan fingerprint density at radius 1 is 1.07 bits per heavy atom. The van der Waals surface area contributed by atoms with E-state index < -0.39 is 0 Å². The van der Waals surface area contributed by atoms with E-state index in [1.54, 1.807) is 25.3 Å². The second-order valence-electron chi connectivity index (χ2n) is 8.37. The fourth-order valence-corrected chi connectivity index (χ4v) is 4.24. The highest BCUT2D eigenvalue weighted by Crippen LogP contribution is 2.22. The Bertz CT molecular complexity index is 918. The molecular weight excluding hydrogens is 382 g/mol. The van der Waals surface area contributed by atoms with E-state index in [1.165, 1.54) is 0 Å². The van der Waals surface area contributed by atoms with Crippen molar-refractivity contribution < 1.29 is 14.7 Å². The number of benzene rings is 1. The molecule has 2 aliphatic rings. The molecule has 2 amide bonds. The molecule has 0 unspecified atom stereocenters. The number of piperidine rings is 1. The van der Waals surface area contributed by atoms with E-state index in [9.17, 15) is 14.7 Å². The van der Waals surface area contributed by atoms with Gasteiger partial charge in [0.1, 0.15) is 0 Å². The fraction of sp³-hybridized carbons (Fsp3) is 0.545. The number of hydrogen-bond donors (Lipinski definition) is 3. The van der Waals surface area contributed by atoms with E-state index in [2.05, 4.69) is 20.6 Å². The highest BCUT2D eigenvalue weighted by molar-refractivity contribution is 5.98. The van der Waals surface area contributed by atoms with E-state index in [-0.39, 0.29) is 30.0 Å². The van der Waals surface area contributed by atoms with Crippen molar-refractivity contribution in [1.29, 1.82) is 0 Å². The van der Waals surface area contributed by atoms with Crippen molar-refractivity contribution in [2.45, 2.75) is 63.6 Å². The van der Waals surface area contributed by atoms with Gasteiger partial charge in [0.2, 0.25) is 11.9 Å². The summed E-state index contributed by atoms with van der Waals surface area (Å²) in [6, 6.07) is 5.80. The van der Waals surface area contributed by atoms with Gasteiger partial charge in [0.05, 0.1) is 11.6 Å². The lowest BCUT2D eigenvalue weighted by molar-refractivity contribution is -0.129. The summed E-state index contributed by atoms with van der Waals surface area (Å²) in [7, 11) is 0. The predicted molar refractivity (Wildman–Crippen MR) is 114 cm³/mol. The first-order chi connectivity index (χ1) is 14.5. The number of hydrogen-bond acceptors (Lipinski definition) is 6. The zero-order valence-electron chi connectivity index (χ0n) is 17.3. The van der Waals surface area contributed by atoms with Gasteiger partial charge in [-0.3, -0.25) is 9.59 Å². The molecule has 0 radical (unpaired) electrons. The van der Waals surface area contributed by atoms with Gasteiger partial charge >= 0.3 is 0 Å². The van der Waals surface area contributed by atoms with Gasteiger partial charge in [-0.25, -0.2) is 9.97 Å². The van der Waals surface area contributed by atoms with E-state index in [0.29, 0.717) is 24.6 Å². The predicted octanol–water partition coefficient (Wildman–Crippen LogP) is 2.09. The Hall–Kier alpha value is -2.74. The summed E-state index contributed by atoms with van der Waals surface area (Å²) in [5.41, 5.74) is 1.30. The van der Waals surface area contributed by atoms with Gasteiger partial charge in [-0.15, -0.1) is 0 Å². The largest absolute Gasteiger partial charge is 0.393 e. The van der Waals surface area contributed by atoms with Gasteiger partial charge in [0.15, 0.2) is 0 Å². The van der Waals surface area contributed by atoms with Crippen LogP contribution in [0, 0.1) is 0 Å². The van der Waals surface area contributed by atoms with Crippen molar-refractivity contribution in [3.05, 3.63) is 30.0 Å². The average molecular weight is 412 g/mol. The molecule has 8 nitrogen and oxygen atoms in total. The highest BCUT2D eigenvalue weighted by Gasteiger charge is 2.23. The number of aliphatic hydroxyl groups is 1. The quantitative estimate of drug-likeness (QED) is 0.711. The van der Waals surface area contributed by atoms with Crippen molar-refractivity contribution >= 4 is 28.7 Å². The third-order valence-corrected chi connectivity index (χ3v) is 6.15. The van der Waals surface area contributed by atoms with Crippen LogP contribution in [0.3, 0.4) is 0 Å². The lowest BCUT2D eigenvalue weighted by Gasteiger charge is -2.31. The first-order valence-electron chi connectivity index (χ1n) is 10.8. The molecule has 30 heavy (non-hydrogen) atoms. The fourth-order valence-electron chi connectivity index (χ4n) is 4.24. The van der Waals surface area contributed by atoms with E-state index >= 15 is 0 Å². The second kappa shape index (κ2) is 8.95. The Morgan fingerprint density at radius 3 is 2.50 bits per heavy atom. The topological polar surface area (TPSA) is 107 Å². The smallest absolute Gasteiger partial charge is 0.251 e. The number of anilines is 1. The standard InChI is InChI=1S/C22H29N5O3/c1-14(28)27-10-8-18(9-11-27)24-21(30)15-2-3-16-13-23-22(26-20(16)12-15)25-17-4-6-19(29)7-5-17/h2-3,12-13,17-19,29H,4-11H2,1H3,(H,24,30)(H,23,25,26). The molecule has 2 fully saturated rings. The maximum atomic E-state index is 12.7. The number of likely N-dealkylation sites (tertiary alicyclic amines) is 1. The Labute approximate surface area is 176 Å². The lowest BCUT2D eigenvalue weighted by atomic mass is 9.93. The zero-order chi connectivity index (χ0) is 21.1. The molecule has 0 bridgehead atoms. The van der Waals surface area contributed by atoms with Crippen LogP contribution in [-0.4, -0.2) is 63.1 Å². The van der Waals surface area contributed by atoms with Crippen molar-refractivity contribution in [2.75, 3.05) is 18.4 Å². The molecule has 0 atom stereocenters. The highest BCUT2D eigenvalue weighted by atomic mass is 16.3. The molecule has 1 aliphatic carbocycles. The van der Waals surface area contributed by atoms with E-state index in [0.717, 1.165) is 49.4 Å². The molecule has 160 valence electrons. The molecule has 2 heterocycles. The van der Waals surface area contributed by atoms with Gasteiger partial charge in [0, 0.05) is 49.2 Å². The van der Waals surface area contributed by atoms with Crippen molar-refractivity contribution in [1.82, 2.24) is 20.2 Å². The van der Waals surface area contributed by atoms with Gasteiger partial charge in [0.25, 0.3) is 5.91 Å². The summed E-state index contributed by atoms with van der Waals surface area (Å²) in [4.78, 5) is 35.0. The second-order valence-corrected chi connectivity index (χ2v) is 8.37. The first-order valence-corrected chi connectivity index (χ1v) is 10.8. The van der Waals surface area contributed by atoms with Crippen LogP contribution < -0.4 is 10.6 Å². The molecule has 1 aliphatic heterocycles. The van der Waals surface area contributed by atoms with Crippen LogP contribution in [0.4, 0.5) is 5.95 Å². The van der Waals surface area contributed by atoms with Gasteiger partial charge in [-0.05, 0) is 50.7 Å². The molecule has 1 saturated heterocycles. The Balaban J connectivity index is 1.40. The summed E-state index contributed by atoms with van der Waals surface area (Å²) in [6.07, 6.45) is 6.48. The minimum atomic E-state index is -0.198. The summed E-state index contributed by atoms with van der Waals surface area (Å²) < 4.78 is 0. The van der Waals surface area contributed by atoms with Crippen molar-refractivity contribution in [3.63, 3.8) is 0 Å². The monoisotopic (exact) mass is 411 g/mol. The SMILES string of the molecule is CC(=O)N1CCC(NC(=O)c2ccc3cnc(NC4CCC(O)CC4)nc3c2)CC1. The number of carbonyl (C=O) groups is 2. The van der Waals surface area contributed by atoms with Gasteiger partial charge < -0.3 is 20.6 Å². The Kier molecular flexibility index (Phi) is 6.13. The lowest BCUT2D eigenvalue weighted by Crippen LogP contribution is -2.46. The minimum Gasteiger partial charge on any atom is -0.393 e.